The molecule has 27 heavy (non-hydrogen) atoms. The molecule has 142 valence electrons. The Morgan fingerprint density at radius 2 is 1.74 bits per heavy atom. The van der Waals surface area contributed by atoms with Crippen LogP contribution in [0.25, 0.3) is 0 Å². The summed E-state index contributed by atoms with van der Waals surface area (Å²) in [5.41, 5.74) is 1.20. The van der Waals surface area contributed by atoms with Crippen molar-refractivity contribution in [3.8, 4) is 5.75 Å². The number of methoxy groups -OCH3 is 1. The molecule has 1 aromatic heterocycles. The van der Waals surface area contributed by atoms with Gasteiger partial charge in [-0.3, -0.25) is 4.79 Å². The first-order valence-corrected chi connectivity index (χ1v) is 10.7. The molecule has 4 aliphatic rings. The van der Waals surface area contributed by atoms with Gasteiger partial charge in [0.2, 0.25) is 11.0 Å². The number of aromatic nitrogens is 2. The molecule has 0 radical (unpaired) electrons. The average Bonchev–Trinajstić information content (AvgIpc) is 3.10. The SMILES string of the molecule is COc1ccc(CC(=O)Nc2nnc(C34CC5CC(CC(C5)C3)C4)s2)cc1. The zero-order valence-electron chi connectivity index (χ0n) is 15.6. The molecule has 0 aliphatic heterocycles. The van der Waals surface area contributed by atoms with E-state index in [4.69, 9.17) is 4.74 Å². The first kappa shape index (κ1) is 17.2. The Hall–Kier alpha value is -1.95. The van der Waals surface area contributed by atoms with Crippen molar-refractivity contribution in [3.63, 3.8) is 0 Å². The minimum absolute atomic E-state index is 0.0478. The second kappa shape index (κ2) is 6.59. The van der Waals surface area contributed by atoms with Crippen LogP contribution in [0.2, 0.25) is 0 Å². The zero-order chi connectivity index (χ0) is 18.4. The lowest BCUT2D eigenvalue weighted by atomic mass is 9.50. The van der Waals surface area contributed by atoms with Gasteiger partial charge in [-0.2, -0.15) is 0 Å². The Morgan fingerprint density at radius 1 is 1.11 bits per heavy atom. The molecule has 4 aliphatic carbocycles. The summed E-state index contributed by atoms with van der Waals surface area (Å²) in [5, 5.41) is 13.6. The first-order chi connectivity index (χ1) is 13.1. The van der Waals surface area contributed by atoms with Gasteiger partial charge in [-0.05, 0) is 74.0 Å². The van der Waals surface area contributed by atoms with Gasteiger partial charge >= 0.3 is 0 Å². The molecule has 2 aromatic rings. The quantitative estimate of drug-likeness (QED) is 0.841. The monoisotopic (exact) mass is 383 g/mol. The number of ether oxygens (including phenoxy) is 1. The first-order valence-electron chi connectivity index (χ1n) is 9.89. The predicted octanol–water partition coefficient (Wildman–Crippen LogP) is 4.20. The number of carbonyl (C=O) groups excluding carboxylic acids is 1. The number of benzene rings is 1. The molecule has 4 fully saturated rings. The molecular weight excluding hydrogens is 358 g/mol. The van der Waals surface area contributed by atoms with Crippen LogP contribution in [0, 0.1) is 17.8 Å². The molecule has 5 nitrogen and oxygen atoms in total. The number of hydrogen-bond acceptors (Lipinski definition) is 5. The summed E-state index contributed by atoms with van der Waals surface area (Å²) in [7, 11) is 1.64. The molecule has 4 saturated carbocycles. The molecule has 1 N–H and O–H groups in total. The van der Waals surface area contributed by atoms with Crippen LogP contribution in [0.1, 0.15) is 49.1 Å². The van der Waals surface area contributed by atoms with Gasteiger partial charge in [-0.1, -0.05) is 23.5 Å². The number of nitrogens with zero attached hydrogens (tertiary/aromatic N) is 2. The summed E-state index contributed by atoms with van der Waals surface area (Å²) in [4.78, 5) is 12.4. The van der Waals surface area contributed by atoms with Crippen LogP contribution >= 0.6 is 11.3 Å². The van der Waals surface area contributed by atoms with Crippen LogP contribution in [0.4, 0.5) is 5.13 Å². The van der Waals surface area contributed by atoms with Crippen LogP contribution in [0.15, 0.2) is 24.3 Å². The van der Waals surface area contributed by atoms with E-state index in [9.17, 15) is 4.79 Å². The Bertz CT molecular complexity index is 810. The average molecular weight is 384 g/mol. The van der Waals surface area contributed by atoms with Crippen LogP contribution in [0.5, 0.6) is 5.75 Å². The number of hydrogen-bond donors (Lipinski definition) is 1. The van der Waals surface area contributed by atoms with Crippen LogP contribution in [-0.4, -0.2) is 23.2 Å². The predicted molar refractivity (Wildman–Crippen MR) is 105 cm³/mol. The molecule has 1 aromatic carbocycles. The van der Waals surface area contributed by atoms with E-state index in [-0.39, 0.29) is 11.3 Å². The highest BCUT2D eigenvalue weighted by molar-refractivity contribution is 7.15. The van der Waals surface area contributed by atoms with Gasteiger partial charge in [-0.25, -0.2) is 0 Å². The lowest BCUT2D eigenvalue weighted by molar-refractivity contribution is -0.115. The highest BCUT2D eigenvalue weighted by Crippen LogP contribution is 2.61. The van der Waals surface area contributed by atoms with Gasteiger partial charge in [0, 0.05) is 5.41 Å². The topological polar surface area (TPSA) is 64.1 Å². The molecule has 6 heteroatoms. The molecule has 0 unspecified atom stereocenters. The van der Waals surface area contributed by atoms with Gasteiger partial charge in [-0.15, -0.1) is 10.2 Å². The summed E-state index contributed by atoms with van der Waals surface area (Å²) < 4.78 is 5.16. The van der Waals surface area contributed by atoms with E-state index in [2.05, 4.69) is 15.5 Å². The van der Waals surface area contributed by atoms with E-state index in [1.807, 2.05) is 24.3 Å². The molecule has 6 rings (SSSR count). The number of amides is 1. The molecule has 0 atom stereocenters. The Morgan fingerprint density at radius 3 is 2.33 bits per heavy atom. The number of anilines is 1. The summed E-state index contributed by atoms with van der Waals surface area (Å²) in [6, 6.07) is 7.58. The van der Waals surface area contributed by atoms with Gasteiger partial charge in [0.25, 0.3) is 0 Å². The van der Waals surface area contributed by atoms with Gasteiger partial charge in [0.1, 0.15) is 10.8 Å². The minimum Gasteiger partial charge on any atom is -0.497 e. The van der Waals surface area contributed by atoms with Crippen molar-refractivity contribution in [2.24, 2.45) is 17.8 Å². The molecular formula is C21H25N3O2S. The fraction of sp³-hybridized carbons (Fsp3) is 0.571. The van der Waals surface area contributed by atoms with Gasteiger partial charge < -0.3 is 10.1 Å². The summed E-state index contributed by atoms with van der Waals surface area (Å²) in [6.07, 6.45) is 8.40. The molecule has 0 spiro atoms. The van der Waals surface area contributed by atoms with Crippen molar-refractivity contribution < 1.29 is 9.53 Å². The number of rotatable bonds is 5. The van der Waals surface area contributed by atoms with Gasteiger partial charge in [0.15, 0.2) is 0 Å². The maximum Gasteiger partial charge on any atom is 0.230 e. The summed E-state index contributed by atoms with van der Waals surface area (Å²) in [6.45, 7) is 0. The Kier molecular flexibility index (Phi) is 4.19. The fourth-order valence-corrected chi connectivity index (χ4v) is 6.93. The standard InChI is InChI=1S/C21H25N3O2S/c1-26-17-4-2-13(3-5-17)9-18(25)22-20-24-23-19(27-20)21-10-14-6-15(11-21)8-16(7-14)12-21/h2-5,14-16H,6-12H2,1H3,(H,22,24,25). The molecule has 0 saturated heterocycles. The third kappa shape index (κ3) is 3.24. The third-order valence-electron chi connectivity index (χ3n) is 6.69. The fourth-order valence-electron chi connectivity index (χ4n) is 5.95. The van der Waals surface area contributed by atoms with E-state index in [1.165, 1.54) is 38.5 Å². The van der Waals surface area contributed by atoms with Crippen molar-refractivity contribution in [3.05, 3.63) is 34.8 Å². The van der Waals surface area contributed by atoms with Crippen molar-refractivity contribution in [1.82, 2.24) is 10.2 Å². The third-order valence-corrected chi connectivity index (χ3v) is 7.77. The van der Waals surface area contributed by atoms with Crippen LogP contribution < -0.4 is 10.1 Å². The Balaban J connectivity index is 1.26. The van der Waals surface area contributed by atoms with Gasteiger partial charge in [0.05, 0.1) is 13.5 Å². The largest absolute Gasteiger partial charge is 0.497 e. The second-order valence-corrected chi connectivity index (χ2v) is 9.66. The minimum atomic E-state index is -0.0478. The lowest BCUT2D eigenvalue weighted by Gasteiger charge is -2.55. The summed E-state index contributed by atoms with van der Waals surface area (Å²) in [5.74, 6) is 3.40. The van der Waals surface area contributed by atoms with Crippen molar-refractivity contribution in [2.75, 3.05) is 12.4 Å². The van der Waals surface area contributed by atoms with E-state index in [1.54, 1.807) is 18.4 Å². The van der Waals surface area contributed by atoms with E-state index in [0.29, 0.717) is 11.6 Å². The van der Waals surface area contributed by atoms with Crippen molar-refractivity contribution in [2.45, 2.75) is 50.4 Å². The van der Waals surface area contributed by atoms with Crippen LogP contribution in [-0.2, 0) is 16.6 Å². The molecule has 4 bridgehead atoms. The second-order valence-electron chi connectivity index (χ2n) is 8.68. The smallest absolute Gasteiger partial charge is 0.230 e. The Labute approximate surface area is 163 Å². The van der Waals surface area contributed by atoms with E-state index >= 15 is 0 Å². The van der Waals surface area contributed by atoms with Crippen molar-refractivity contribution in [1.29, 1.82) is 0 Å². The maximum absolute atomic E-state index is 12.4. The van der Waals surface area contributed by atoms with E-state index in [0.717, 1.165) is 34.1 Å². The normalized spacial score (nSPS) is 31.1. The number of nitrogens with one attached hydrogen (secondary N) is 1. The summed E-state index contributed by atoms with van der Waals surface area (Å²) >= 11 is 1.59. The molecule has 1 heterocycles. The highest BCUT2D eigenvalue weighted by atomic mass is 32.1. The van der Waals surface area contributed by atoms with E-state index < -0.39 is 0 Å². The highest BCUT2D eigenvalue weighted by Gasteiger charge is 2.53. The van der Waals surface area contributed by atoms with Crippen molar-refractivity contribution >= 4 is 22.4 Å². The maximum atomic E-state index is 12.4. The zero-order valence-corrected chi connectivity index (χ0v) is 16.4. The lowest BCUT2D eigenvalue weighted by Crippen LogP contribution is -2.48. The number of carbonyl (C=O) groups is 1. The van der Waals surface area contributed by atoms with Crippen LogP contribution in [0.3, 0.4) is 0 Å². The molecule has 1 amide bonds.